The monoisotopic (exact) mass is 353 g/mol. The Morgan fingerprint density at radius 2 is 1.84 bits per heavy atom. The van der Waals surface area contributed by atoms with Gasteiger partial charge in [-0.2, -0.15) is 4.68 Å². The molecule has 1 heterocycles. The van der Waals surface area contributed by atoms with Gasteiger partial charge >= 0.3 is 0 Å². The highest BCUT2D eigenvalue weighted by Crippen LogP contribution is 2.25. The van der Waals surface area contributed by atoms with Gasteiger partial charge in [0.2, 0.25) is 11.1 Å². The summed E-state index contributed by atoms with van der Waals surface area (Å²) in [6.45, 7) is 5.85. The van der Waals surface area contributed by atoms with E-state index in [0.717, 1.165) is 22.5 Å². The van der Waals surface area contributed by atoms with E-state index in [1.54, 1.807) is 4.68 Å². The van der Waals surface area contributed by atoms with Gasteiger partial charge < -0.3 is 5.32 Å². The van der Waals surface area contributed by atoms with Gasteiger partial charge in [-0.25, -0.2) is 0 Å². The molecule has 0 radical (unpaired) electrons. The Morgan fingerprint density at radius 3 is 2.56 bits per heavy atom. The third-order valence-electron chi connectivity index (χ3n) is 3.76. The van der Waals surface area contributed by atoms with Gasteiger partial charge in [-0.1, -0.05) is 47.7 Å². The lowest BCUT2D eigenvalue weighted by Gasteiger charge is -2.12. The number of anilines is 1. The second-order valence-corrected chi connectivity index (χ2v) is 7.08. The number of carbonyl (C=O) groups excluding carboxylic acids is 1. The molecular formula is C18H19N5OS. The minimum Gasteiger partial charge on any atom is -0.325 e. The molecule has 0 spiro atoms. The van der Waals surface area contributed by atoms with Crippen LogP contribution in [0.4, 0.5) is 5.69 Å². The van der Waals surface area contributed by atoms with Crippen LogP contribution in [0.5, 0.6) is 0 Å². The summed E-state index contributed by atoms with van der Waals surface area (Å²) < 4.78 is 1.66. The van der Waals surface area contributed by atoms with E-state index in [-0.39, 0.29) is 11.2 Å². The normalized spacial score (nSPS) is 12.0. The lowest BCUT2D eigenvalue weighted by Crippen LogP contribution is -2.23. The van der Waals surface area contributed by atoms with Crippen molar-refractivity contribution in [2.45, 2.75) is 31.2 Å². The molecule has 0 aliphatic carbocycles. The van der Waals surface area contributed by atoms with Crippen LogP contribution in [-0.2, 0) is 4.79 Å². The third kappa shape index (κ3) is 4.06. The van der Waals surface area contributed by atoms with Gasteiger partial charge in [-0.05, 0) is 55.0 Å². The third-order valence-corrected chi connectivity index (χ3v) is 4.79. The zero-order valence-electron chi connectivity index (χ0n) is 14.3. The molecule has 3 aromatic rings. The molecule has 6 nitrogen and oxygen atoms in total. The fourth-order valence-corrected chi connectivity index (χ4v) is 3.10. The molecule has 1 unspecified atom stereocenters. The highest BCUT2D eigenvalue weighted by Gasteiger charge is 2.19. The first-order valence-electron chi connectivity index (χ1n) is 7.93. The molecule has 0 saturated carbocycles. The highest BCUT2D eigenvalue weighted by atomic mass is 32.2. The van der Waals surface area contributed by atoms with Crippen LogP contribution in [0.3, 0.4) is 0 Å². The highest BCUT2D eigenvalue weighted by molar-refractivity contribution is 8.00. The number of thioether (sulfide) groups is 1. The number of aryl methyl sites for hydroxylation is 2. The van der Waals surface area contributed by atoms with E-state index in [1.807, 2.05) is 69.3 Å². The molecular weight excluding hydrogens is 334 g/mol. The van der Waals surface area contributed by atoms with Gasteiger partial charge in [0.15, 0.2) is 0 Å². The molecule has 2 aromatic carbocycles. The number of aromatic nitrogens is 4. The van der Waals surface area contributed by atoms with Gasteiger partial charge in [0.05, 0.1) is 10.9 Å². The molecule has 0 saturated heterocycles. The first-order chi connectivity index (χ1) is 12.0. The van der Waals surface area contributed by atoms with Crippen LogP contribution in [0, 0.1) is 13.8 Å². The fraction of sp³-hybridized carbons (Fsp3) is 0.222. The zero-order chi connectivity index (χ0) is 17.8. The maximum absolute atomic E-state index is 12.4. The van der Waals surface area contributed by atoms with Crippen LogP contribution in [0.1, 0.15) is 18.1 Å². The van der Waals surface area contributed by atoms with Gasteiger partial charge in [-0.3, -0.25) is 4.79 Å². The van der Waals surface area contributed by atoms with Gasteiger partial charge in [0.1, 0.15) is 0 Å². The first-order valence-corrected chi connectivity index (χ1v) is 8.81. The molecule has 7 heteroatoms. The molecule has 1 atom stereocenters. The fourth-order valence-electron chi connectivity index (χ4n) is 2.30. The molecule has 3 rings (SSSR count). The number of amides is 1. The second-order valence-electron chi connectivity index (χ2n) is 5.78. The van der Waals surface area contributed by atoms with Crippen molar-refractivity contribution >= 4 is 23.4 Å². The minimum absolute atomic E-state index is 0.0896. The van der Waals surface area contributed by atoms with Crippen molar-refractivity contribution in [3.05, 3.63) is 59.7 Å². The molecule has 0 fully saturated rings. The van der Waals surface area contributed by atoms with Crippen molar-refractivity contribution in [3.8, 4) is 5.69 Å². The maximum atomic E-state index is 12.4. The number of nitrogens with zero attached hydrogens (tertiary/aromatic N) is 4. The van der Waals surface area contributed by atoms with E-state index >= 15 is 0 Å². The number of tetrazole rings is 1. The van der Waals surface area contributed by atoms with E-state index in [0.29, 0.717) is 5.16 Å². The van der Waals surface area contributed by atoms with Crippen molar-refractivity contribution in [2.24, 2.45) is 0 Å². The number of nitrogens with one attached hydrogen (secondary N) is 1. The standard InChI is InChI=1S/C18H19N5OS/c1-12-8-10-15(11-9-12)19-17(24)14(3)25-18-20-21-22-23(18)16-7-5-4-6-13(16)2/h4-11,14H,1-3H3,(H,19,24). The van der Waals surface area contributed by atoms with Gasteiger partial charge in [-0.15, -0.1) is 5.10 Å². The van der Waals surface area contributed by atoms with E-state index < -0.39 is 0 Å². The summed E-state index contributed by atoms with van der Waals surface area (Å²) in [5, 5.41) is 15.0. The molecule has 1 aromatic heterocycles. The van der Waals surface area contributed by atoms with Gasteiger partial charge in [0.25, 0.3) is 0 Å². The van der Waals surface area contributed by atoms with Crippen molar-refractivity contribution < 1.29 is 4.79 Å². The summed E-state index contributed by atoms with van der Waals surface area (Å²) in [6.07, 6.45) is 0. The predicted octanol–water partition coefficient (Wildman–Crippen LogP) is 3.40. The summed E-state index contributed by atoms with van der Waals surface area (Å²) in [6, 6.07) is 15.6. The second kappa shape index (κ2) is 7.48. The Balaban J connectivity index is 1.72. The smallest absolute Gasteiger partial charge is 0.237 e. The number of benzene rings is 2. The lowest BCUT2D eigenvalue weighted by molar-refractivity contribution is -0.115. The predicted molar refractivity (Wildman–Crippen MR) is 99.0 cm³/mol. The number of hydrogen-bond acceptors (Lipinski definition) is 5. The van der Waals surface area contributed by atoms with Crippen molar-refractivity contribution in [1.29, 1.82) is 0 Å². The summed E-state index contributed by atoms with van der Waals surface area (Å²) in [5.41, 5.74) is 3.90. The number of rotatable bonds is 5. The molecule has 25 heavy (non-hydrogen) atoms. The Bertz CT molecular complexity index is 875. The SMILES string of the molecule is Cc1ccc(NC(=O)C(C)Sc2nnnn2-c2ccccc2C)cc1. The summed E-state index contributed by atoms with van der Waals surface area (Å²) in [7, 11) is 0. The molecule has 0 aliphatic rings. The van der Waals surface area contributed by atoms with E-state index in [9.17, 15) is 4.79 Å². The van der Waals surface area contributed by atoms with Crippen LogP contribution in [0.2, 0.25) is 0 Å². The number of para-hydroxylation sites is 1. The molecule has 128 valence electrons. The Kier molecular flexibility index (Phi) is 5.14. The van der Waals surface area contributed by atoms with Crippen molar-refractivity contribution in [1.82, 2.24) is 20.2 Å². The first kappa shape index (κ1) is 17.2. The van der Waals surface area contributed by atoms with Crippen LogP contribution in [0.25, 0.3) is 5.69 Å². The van der Waals surface area contributed by atoms with Crippen LogP contribution < -0.4 is 5.32 Å². The van der Waals surface area contributed by atoms with Gasteiger partial charge in [0, 0.05) is 5.69 Å². The largest absolute Gasteiger partial charge is 0.325 e. The van der Waals surface area contributed by atoms with E-state index in [2.05, 4.69) is 20.8 Å². The van der Waals surface area contributed by atoms with Crippen LogP contribution in [0.15, 0.2) is 53.7 Å². The molecule has 0 aliphatic heterocycles. The van der Waals surface area contributed by atoms with Crippen molar-refractivity contribution in [3.63, 3.8) is 0 Å². The average molecular weight is 353 g/mol. The number of hydrogen-bond donors (Lipinski definition) is 1. The Labute approximate surface area is 150 Å². The number of carbonyl (C=O) groups is 1. The minimum atomic E-state index is -0.338. The Morgan fingerprint density at radius 1 is 1.12 bits per heavy atom. The zero-order valence-corrected chi connectivity index (χ0v) is 15.1. The van der Waals surface area contributed by atoms with E-state index in [4.69, 9.17) is 0 Å². The maximum Gasteiger partial charge on any atom is 0.237 e. The molecule has 1 N–H and O–H groups in total. The summed E-state index contributed by atoms with van der Waals surface area (Å²) >= 11 is 1.33. The molecule has 1 amide bonds. The van der Waals surface area contributed by atoms with Crippen LogP contribution >= 0.6 is 11.8 Å². The van der Waals surface area contributed by atoms with Crippen molar-refractivity contribution in [2.75, 3.05) is 5.32 Å². The quantitative estimate of drug-likeness (QED) is 0.712. The molecule has 0 bridgehead atoms. The topological polar surface area (TPSA) is 72.7 Å². The summed E-state index contributed by atoms with van der Waals surface area (Å²) in [5.74, 6) is -0.0896. The average Bonchev–Trinajstić information content (AvgIpc) is 3.05. The lowest BCUT2D eigenvalue weighted by atomic mass is 10.2. The van der Waals surface area contributed by atoms with Crippen LogP contribution in [-0.4, -0.2) is 31.4 Å². The summed E-state index contributed by atoms with van der Waals surface area (Å²) in [4.78, 5) is 12.4. The van der Waals surface area contributed by atoms with E-state index in [1.165, 1.54) is 11.8 Å². The Hall–Kier alpha value is -2.67.